The van der Waals surface area contributed by atoms with Crippen molar-refractivity contribution in [2.45, 2.75) is 25.2 Å². The van der Waals surface area contributed by atoms with Crippen molar-refractivity contribution in [3.8, 4) is 5.75 Å². The maximum absolute atomic E-state index is 12.4. The van der Waals surface area contributed by atoms with Crippen LogP contribution in [0.1, 0.15) is 25.3 Å². The van der Waals surface area contributed by atoms with E-state index in [1.54, 1.807) is 4.90 Å². The lowest BCUT2D eigenvalue weighted by Gasteiger charge is -2.38. The van der Waals surface area contributed by atoms with Crippen LogP contribution < -0.4 is 10.1 Å². The molecule has 2 heterocycles. The van der Waals surface area contributed by atoms with Crippen LogP contribution in [-0.4, -0.2) is 80.9 Å². The Morgan fingerprint density at radius 1 is 1.07 bits per heavy atom. The largest absolute Gasteiger partial charge is 0.494 e. The highest BCUT2D eigenvalue weighted by molar-refractivity contribution is 8.00. The van der Waals surface area contributed by atoms with Crippen LogP contribution in [0.3, 0.4) is 0 Å². The summed E-state index contributed by atoms with van der Waals surface area (Å²) in [5.74, 6) is 1.50. The number of rotatable bonds is 9. The Hall–Kier alpha value is -1.77. The molecule has 0 spiro atoms. The zero-order chi connectivity index (χ0) is 21.2. The van der Waals surface area contributed by atoms with Crippen LogP contribution in [0.4, 0.5) is 0 Å². The van der Waals surface area contributed by atoms with Crippen molar-refractivity contribution < 1.29 is 23.8 Å². The third kappa shape index (κ3) is 6.36. The fourth-order valence-corrected chi connectivity index (χ4v) is 4.60. The van der Waals surface area contributed by atoms with Gasteiger partial charge < -0.3 is 24.4 Å². The number of hydrogen-bond donors (Lipinski definition) is 1. The molecule has 0 radical (unpaired) electrons. The molecule has 0 unspecified atom stereocenters. The Labute approximate surface area is 182 Å². The fourth-order valence-electron chi connectivity index (χ4n) is 3.85. The SMILES string of the molecule is CCOc1ccc(C2(CNC(=O)CSCC(=O)N3CCOCC3)CCOCC2)cc1. The van der Waals surface area contributed by atoms with Crippen molar-refractivity contribution in [2.24, 2.45) is 0 Å². The van der Waals surface area contributed by atoms with Gasteiger partial charge >= 0.3 is 0 Å². The third-order valence-electron chi connectivity index (χ3n) is 5.67. The molecule has 0 bridgehead atoms. The molecule has 0 saturated carbocycles. The lowest BCUT2D eigenvalue weighted by Crippen LogP contribution is -2.45. The van der Waals surface area contributed by atoms with Gasteiger partial charge in [-0.1, -0.05) is 12.1 Å². The van der Waals surface area contributed by atoms with Crippen LogP contribution in [0.2, 0.25) is 0 Å². The van der Waals surface area contributed by atoms with E-state index in [0.29, 0.717) is 58.4 Å². The smallest absolute Gasteiger partial charge is 0.232 e. The second-order valence-electron chi connectivity index (χ2n) is 7.61. The maximum Gasteiger partial charge on any atom is 0.232 e. The molecular weight excluding hydrogens is 404 g/mol. The van der Waals surface area contributed by atoms with Gasteiger partial charge in [-0.15, -0.1) is 11.8 Å². The summed E-state index contributed by atoms with van der Waals surface area (Å²) in [5.41, 5.74) is 1.07. The maximum atomic E-state index is 12.4. The zero-order valence-corrected chi connectivity index (χ0v) is 18.5. The number of benzene rings is 1. The van der Waals surface area contributed by atoms with Crippen LogP contribution >= 0.6 is 11.8 Å². The molecule has 0 aromatic heterocycles. The van der Waals surface area contributed by atoms with Gasteiger partial charge in [-0.25, -0.2) is 0 Å². The highest BCUT2D eigenvalue weighted by Crippen LogP contribution is 2.35. The van der Waals surface area contributed by atoms with E-state index in [9.17, 15) is 9.59 Å². The number of amides is 2. The van der Waals surface area contributed by atoms with Gasteiger partial charge in [0.25, 0.3) is 0 Å². The predicted octanol–water partition coefficient (Wildman–Crippen LogP) is 1.84. The van der Waals surface area contributed by atoms with Crippen LogP contribution in [0.25, 0.3) is 0 Å². The minimum Gasteiger partial charge on any atom is -0.494 e. The van der Waals surface area contributed by atoms with Gasteiger partial charge in [0.15, 0.2) is 0 Å². The first-order valence-corrected chi connectivity index (χ1v) is 11.8. The molecule has 2 fully saturated rings. The summed E-state index contributed by atoms with van der Waals surface area (Å²) in [7, 11) is 0. The van der Waals surface area contributed by atoms with Gasteiger partial charge in [-0.05, 0) is 37.5 Å². The van der Waals surface area contributed by atoms with E-state index in [2.05, 4.69) is 17.4 Å². The monoisotopic (exact) mass is 436 g/mol. The highest BCUT2D eigenvalue weighted by Gasteiger charge is 2.35. The second kappa shape index (κ2) is 11.6. The van der Waals surface area contributed by atoms with E-state index >= 15 is 0 Å². The van der Waals surface area contributed by atoms with Crippen molar-refractivity contribution in [1.82, 2.24) is 10.2 Å². The molecule has 1 aromatic carbocycles. The van der Waals surface area contributed by atoms with Gasteiger partial charge in [-0.3, -0.25) is 9.59 Å². The molecule has 0 aliphatic carbocycles. The molecule has 166 valence electrons. The number of nitrogens with one attached hydrogen (secondary N) is 1. The number of ether oxygens (including phenoxy) is 3. The Kier molecular flexibility index (Phi) is 8.84. The molecule has 2 saturated heterocycles. The van der Waals surface area contributed by atoms with Crippen molar-refractivity contribution in [2.75, 3.05) is 64.2 Å². The minimum atomic E-state index is -0.132. The fraction of sp³-hybridized carbons (Fsp3) is 0.636. The van der Waals surface area contributed by atoms with Gasteiger partial charge in [0, 0.05) is 38.3 Å². The number of thioether (sulfide) groups is 1. The van der Waals surface area contributed by atoms with E-state index in [1.165, 1.54) is 17.3 Å². The summed E-state index contributed by atoms with van der Waals surface area (Å²) in [6.45, 7) is 7.01. The number of morpholine rings is 1. The van der Waals surface area contributed by atoms with E-state index in [0.717, 1.165) is 18.6 Å². The standard InChI is InChI=1S/C22H32N2O5S/c1-2-29-19-5-3-18(4-6-19)22(7-11-27-12-8-22)17-23-20(25)15-30-16-21(26)24-9-13-28-14-10-24/h3-6H,2,7-17H2,1H3,(H,23,25). The third-order valence-corrected chi connectivity index (χ3v) is 6.59. The quantitative estimate of drug-likeness (QED) is 0.637. The summed E-state index contributed by atoms with van der Waals surface area (Å²) in [4.78, 5) is 26.4. The summed E-state index contributed by atoms with van der Waals surface area (Å²) >= 11 is 1.37. The molecule has 30 heavy (non-hydrogen) atoms. The first kappa shape index (κ1) is 22.9. The molecule has 2 aliphatic rings. The Bertz CT molecular complexity index is 685. The normalized spacial score (nSPS) is 18.6. The molecule has 3 rings (SSSR count). The first-order chi connectivity index (χ1) is 14.6. The van der Waals surface area contributed by atoms with Gasteiger partial charge in [0.2, 0.25) is 11.8 Å². The molecule has 2 amide bonds. The van der Waals surface area contributed by atoms with E-state index < -0.39 is 0 Å². The molecule has 1 aromatic rings. The molecule has 0 atom stereocenters. The van der Waals surface area contributed by atoms with Crippen LogP contribution in [-0.2, 0) is 24.5 Å². The molecule has 8 heteroatoms. The molecular formula is C22H32N2O5S. The molecule has 2 aliphatic heterocycles. The number of hydrogen-bond acceptors (Lipinski definition) is 6. The lowest BCUT2D eigenvalue weighted by molar-refractivity contribution is -0.132. The van der Waals surface area contributed by atoms with Gasteiger partial charge in [0.05, 0.1) is 31.3 Å². The Morgan fingerprint density at radius 2 is 1.73 bits per heavy atom. The van der Waals surface area contributed by atoms with E-state index in [4.69, 9.17) is 14.2 Å². The summed E-state index contributed by atoms with van der Waals surface area (Å²) < 4.78 is 16.4. The first-order valence-electron chi connectivity index (χ1n) is 10.6. The van der Waals surface area contributed by atoms with Crippen molar-refractivity contribution >= 4 is 23.6 Å². The predicted molar refractivity (Wildman–Crippen MR) is 117 cm³/mol. The average Bonchev–Trinajstić information content (AvgIpc) is 2.79. The minimum absolute atomic E-state index is 0.0356. The Morgan fingerprint density at radius 3 is 2.40 bits per heavy atom. The van der Waals surface area contributed by atoms with Crippen molar-refractivity contribution in [3.63, 3.8) is 0 Å². The number of carbonyl (C=O) groups is 2. The number of nitrogens with zero attached hydrogens (tertiary/aromatic N) is 1. The van der Waals surface area contributed by atoms with E-state index in [-0.39, 0.29) is 23.0 Å². The van der Waals surface area contributed by atoms with Gasteiger partial charge in [0.1, 0.15) is 5.75 Å². The van der Waals surface area contributed by atoms with Crippen LogP contribution in [0.5, 0.6) is 5.75 Å². The number of carbonyl (C=O) groups excluding carboxylic acids is 2. The Balaban J connectivity index is 1.49. The van der Waals surface area contributed by atoms with Gasteiger partial charge in [-0.2, -0.15) is 0 Å². The van der Waals surface area contributed by atoms with Crippen LogP contribution in [0, 0.1) is 0 Å². The average molecular weight is 437 g/mol. The lowest BCUT2D eigenvalue weighted by atomic mass is 9.74. The summed E-state index contributed by atoms with van der Waals surface area (Å²) in [5, 5.41) is 3.09. The highest BCUT2D eigenvalue weighted by atomic mass is 32.2. The molecule has 1 N–H and O–H groups in total. The van der Waals surface area contributed by atoms with Crippen molar-refractivity contribution in [3.05, 3.63) is 29.8 Å². The summed E-state index contributed by atoms with van der Waals surface area (Å²) in [6, 6.07) is 8.17. The molecule has 7 nitrogen and oxygen atoms in total. The second-order valence-corrected chi connectivity index (χ2v) is 8.60. The van der Waals surface area contributed by atoms with E-state index in [1.807, 2.05) is 19.1 Å². The van der Waals surface area contributed by atoms with Crippen LogP contribution in [0.15, 0.2) is 24.3 Å². The summed E-state index contributed by atoms with van der Waals surface area (Å²) in [6.07, 6.45) is 1.73. The topological polar surface area (TPSA) is 77.1 Å². The van der Waals surface area contributed by atoms with Crippen molar-refractivity contribution in [1.29, 1.82) is 0 Å². The zero-order valence-electron chi connectivity index (χ0n) is 17.7.